The van der Waals surface area contributed by atoms with Crippen molar-refractivity contribution >= 4 is 17.3 Å². The standard InChI is InChI=1S/C21H22N4O2/c1-15-8-2-3-9-16(15)14-22-20(26)18-17-10-4-5-13-25(17)19(23-18)21(27)24-11-6-7-12-24/h2-5,8-10,13H,6-7,11-12,14H2,1H3,(H,22,26). The third-order valence-electron chi connectivity index (χ3n) is 5.05. The number of aromatic nitrogens is 2. The van der Waals surface area contributed by atoms with Crippen molar-refractivity contribution in [3.63, 3.8) is 0 Å². The minimum atomic E-state index is -0.276. The highest BCUT2D eigenvalue weighted by atomic mass is 16.2. The number of carbonyl (C=O) groups excluding carboxylic acids is 2. The Morgan fingerprint density at radius 3 is 2.59 bits per heavy atom. The van der Waals surface area contributed by atoms with Crippen molar-refractivity contribution in [3.8, 4) is 0 Å². The first-order chi connectivity index (χ1) is 13.1. The second-order valence-electron chi connectivity index (χ2n) is 6.85. The van der Waals surface area contributed by atoms with Crippen molar-refractivity contribution in [3.05, 3.63) is 71.3 Å². The monoisotopic (exact) mass is 362 g/mol. The van der Waals surface area contributed by atoms with Gasteiger partial charge in [-0.25, -0.2) is 4.98 Å². The highest BCUT2D eigenvalue weighted by Crippen LogP contribution is 2.18. The number of hydrogen-bond donors (Lipinski definition) is 1. The summed E-state index contributed by atoms with van der Waals surface area (Å²) < 4.78 is 1.71. The minimum Gasteiger partial charge on any atom is -0.347 e. The fraction of sp³-hybridized carbons (Fsp3) is 0.286. The van der Waals surface area contributed by atoms with Crippen molar-refractivity contribution in [1.29, 1.82) is 0 Å². The molecule has 3 aromatic rings. The topological polar surface area (TPSA) is 66.7 Å². The molecule has 6 nitrogen and oxygen atoms in total. The SMILES string of the molecule is Cc1ccccc1CNC(=O)c1nc(C(=O)N2CCCC2)n2ccccc12. The number of nitrogens with one attached hydrogen (secondary N) is 1. The minimum absolute atomic E-state index is 0.119. The maximum absolute atomic E-state index is 12.8. The van der Waals surface area contributed by atoms with E-state index in [0.717, 1.165) is 37.1 Å². The van der Waals surface area contributed by atoms with E-state index in [4.69, 9.17) is 0 Å². The van der Waals surface area contributed by atoms with E-state index >= 15 is 0 Å². The Balaban J connectivity index is 1.62. The molecule has 0 bridgehead atoms. The third kappa shape index (κ3) is 3.30. The van der Waals surface area contributed by atoms with Gasteiger partial charge in [0.15, 0.2) is 5.69 Å². The van der Waals surface area contributed by atoms with Gasteiger partial charge in [-0.05, 0) is 43.0 Å². The van der Waals surface area contributed by atoms with Crippen LogP contribution in [0.2, 0.25) is 0 Å². The zero-order valence-corrected chi connectivity index (χ0v) is 15.3. The summed E-state index contributed by atoms with van der Waals surface area (Å²) in [6, 6.07) is 13.4. The number of pyridine rings is 1. The van der Waals surface area contributed by atoms with E-state index in [-0.39, 0.29) is 17.5 Å². The summed E-state index contributed by atoms with van der Waals surface area (Å²) >= 11 is 0. The summed E-state index contributed by atoms with van der Waals surface area (Å²) in [6.07, 6.45) is 3.81. The second kappa shape index (κ2) is 7.23. The van der Waals surface area contributed by atoms with E-state index in [1.54, 1.807) is 15.5 Å². The largest absolute Gasteiger partial charge is 0.347 e. The molecule has 1 aromatic carbocycles. The molecule has 2 amide bonds. The van der Waals surface area contributed by atoms with Crippen molar-refractivity contribution in [2.45, 2.75) is 26.3 Å². The van der Waals surface area contributed by atoms with Crippen molar-refractivity contribution in [1.82, 2.24) is 19.6 Å². The first kappa shape index (κ1) is 17.3. The van der Waals surface area contributed by atoms with Crippen LogP contribution in [0.3, 0.4) is 0 Å². The smallest absolute Gasteiger partial charge is 0.290 e. The quantitative estimate of drug-likeness (QED) is 0.776. The van der Waals surface area contributed by atoms with E-state index < -0.39 is 0 Å². The summed E-state index contributed by atoms with van der Waals surface area (Å²) in [7, 11) is 0. The Kier molecular flexibility index (Phi) is 4.62. The Labute approximate surface area is 157 Å². The molecule has 6 heteroatoms. The van der Waals surface area contributed by atoms with Crippen molar-refractivity contribution in [2.75, 3.05) is 13.1 Å². The van der Waals surface area contributed by atoms with Gasteiger partial charge in [0, 0.05) is 25.8 Å². The van der Waals surface area contributed by atoms with Gasteiger partial charge in [-0.3, -0.25) is 14.0 Å². The Bertz CT molecular complexity index is 1000. The highest BCUT2D eigenvalue weighted by Gasteiger charge is 2.26. The summed E-state index contributed by atoms with van der Waals surface area (Å²) in [5.41, 5.74) is 3.11. The fourth-order valence-corrected chi connectivity index (χ4v) is 3.49. The number of carbonyl (C=O) groups is 2. The summed E-state index contributed by atoms with van der Waals surface area (Å²) in [6.45, 7) is 3.93. The Morgan fingerprint density at radius 2 is 1.81 bits per heavy atom. The molecule has 1 aliphatic heterocycles. The van der Waals surface area contributed by atoms with Gasteiger partial charge >= 0.3 is 0 Å². The summed E-state index contributed by atoms with van der Waals surface area (Å²) in [5.74, 6) is -0.0948. The molecule has 0 aliphatic carbocycles. The van der Waals surface area contributed by atoms with Gasteiger partial charge in [-0.1, -0.05) is 30.3 Å². The van der Waals surface area contributed by atoms with Gasteiger partial charge in [0.2, 0.25) is 5.82 Å². The molecule has 0 atom stereocenters. The van der Waals surface area contributed by atoms with Gasteiger partial charge in [0.25, 0.3) is 11.8 Å². The van der Waals surface area contributed by atoms with Crippen LogP contribution in [0.15, 0.2) is 48.7 Å². The van der Waals surface area contributed by atoms with Crippen molar-refractivity contribution < 1.29 is 9.59 Å². The molecule has 27 heavy (non-hydrogen) atoms. The van der Waals surface area contributed by atoms with Crippen LogP contribution in [-0.4, -0.2) is 39.2 Å². The molecule has 0 radical (unpaired) electrons. The van der Waals surface area contributed by atoms with Gasteiger partial charge < -0.3 is 10.2 Å². The maximum atomic E-state index is 12.8. The lowest BCUT2D eigenvalue weighted by Crippen LogP contribution is -2.29. The molecule has 1 N–H and O–H groups in total. The zero-order chi connectivity index (χ0) is 18.8. The molecule has 0 unspecified atom stereocenters. The fourth-order valence-electron chi connectivity index (χ4n) is 3.49. The average molecular weight is 362 g/mol. The van der Waals surface area contributed by atoms with E-state index in [2.05, 4.69) is 10.3 Å². The lowest BCUT2D eigenvalue weighted by atomic mass is 10.1. The number of amides is 2. The summed E-state index contributed by atoms with van der Waals surface area (Å²) in [4.78, 5) is 31.9. The zero-order valence-electron chi connectivity index (χ0n) is 15.3. The lowest BCUT2D eigenvalue weighted by Gasteiger charge is -2.13. The number of fused-ring (bicyclic) bond motifs is 1. The molecule has 3 heterocycles. The first-order valence-corrected chi connectivity index (χ1v) is 9.24. The van der Waals surface area contributed by atoms with Crippen LogP contribution in [0, 0.1) is 6.92 Å². The first-order valence-electron chi connectivity index (χ1n) is 9.24. The van der Waals surface area contributed by atoms with Crippen molar-refractivity contribution in [2.24, 2.45) is 0 Å². The molecule has 4 rings (SSSR count). The van der Waals surface area contributed by atoms with Crippen LogP contribution in [0.5, 0.6) is 0 Å². The molecule has 138 valence electrons. The number of hydrogen-bond acceptors (Lipinski definition) is 3. The normalized spacial score (nSPS) is 13.9. The number of benzene rings is 1. The average Bonchev–Trinajstić information content (AvgIpc) is 3.35. The molecule has 1 saturated heterocycles. The molecule has 2 aromatic heterocycles. The molecular weight excluding hydrogens is 340 g/mol. The predicted octanol–water partition coefficient (Wildman–Crippen LogP) is 2.81. The maximum Gasteiger partial charge on any atom is 0.290 e. The van der Waals surface area contributed by atoms with Gasteiger partial charge in [-0.2, -0.15) is 0 Å². The van der Waals surface area contributed by atoms with Crippen LogP contribution in [-0.2, 0) is 6.54 Å². The van der Waals surface area contributed by atoms with Gasteiger partial charge in [0.05, 0.1) is 5.52 Å². The lowest BCUT2D eigenvalue weighted by molar-refractivity contribution is 0.0780. The molecule has 1 aliphatic rings. The van der Waals surface area contributed by atoms with Crippen LogP contribution >= 0.6 is 0 Å². The number of rotatable bonds is 4. The molecule has 1 fully saturated rings. The van der Waals surface area contributed by atoms with Crippen LogP contribution in [0.1, 0.15) is 45.1 Å². The number of imidazole rings is 1. The van der Waals surface area contributed by atoms with Crippen LogP contribution in [0.25, 0.3) is 5.52 Å². The van der Waals surface area contributed by atoms with E-state index in [9.17, 15) is 9.59 Å². The predicted molar refractivity (Wildman–Crippen MR) is 103 cm³/mol. The van der Waals surface area contributed by atoms with E-state index in [1.807, 2.05) is 49.4 Å². The van der Waals surface area contributed by atoms with Gasteiger partial charge in [0.1, 0.15) is 0 Å². The van der Waals surface area contributed by atoms with E-state index in [0.29, 0.717) is 17.9 Å². The second-order valence-corrected chi connectivity index (χ2v) is 6.85. The molecule has 0 saturated carbocycles. The van der Waals surface area contributed by atoms with Gasteiger partial charge in [-0.15, -0.1) is 0 Å². The van der Waals surface area contributed by atoms with Crippen LogP contribution < -0.4 is 5.32 Å². The Hall–Kier alpha value is -3.15. The highest BCUT2D eigenvalue weighted by molar-refractivity contribution is 6.02. The van der Waals surface area contributed by atoms with E-state index in [1.165, 1.54) is 0 Å². The summed E-state index contributed by atoms with van der Waals surface area (Å²) in [5, 5.41) is 2.93. The molecular formula is C21H22N4O2. The number of aryl methyl sites for hydroxylation is 1. The number of likely N-dealkylation sites (tertiary alicyclic amines) is 1. The van der Waals surface area contributed by atoms with Crippen LogP contribution in [0.4, 0.5) is 0 Å². The number of nitrogens with zero attached hydrogens (tertiary/aromatic N) is 3. The molecule has 0 spiro atoms. The Morgan fingerprint density at radius 1 is 1.07 bits per heavy atom. The third-order valence-corrected chi connectivity index (χ3v) is 5.05.